The zero-order valence-electron chi connectivity index (χ0n) is 10.7. The van der Waals surface area contributed by atoms with Gasteiger partial charge in [-0.2, -0.15) is 0 Å². The number of nitrogens with zero attached hydrogens (tertiary/aromatic N) is 1. The van der Waals surface area contributed by atoms with Crippen LogP contribution in [0, 0.1) is 13.8 Å². The number of benzene rings is 1. The fourth-order valence-corrected chi connectivity index (χ4v) is 2.12. The van der Waals surface area contributed by atoms with Gasteiger partial charge in [-0.1, -0.05) is 0 Å². The predicted octanol–water partition coefficient (Wildman–Crippen LogP) is 3.30. The summed E-state index contributed by atoms with van der Waals surface area (Å²) in [6.07, 6.45) is 1.57. The van der Waals surface area contributed by atoms with Crippen molar-refractivity contribution in [3.05, 3.63) is 51.8 Å². The molecule has 1 amide bonds. The van der Waals surface area contributed by atoms with E-state index in [1.807, 2.05) is 26.0 Å². The molecular formula is C14H14BrN3O. The Morgan fingerprint density at radius 3 is 2.68 bits per heavy atom. The Kier molecular flexibility index (Phi) is 3.85. The zero-order chi connectivity index (χ0) is 14.0. The molecule has 0 unspecified atom stereocenters. The van der Waals surface area contributed by atoms with Crippen molar-refractivity contribution in [3.63, 3.8) is 0 Å². The third kappa shape index (κ3) is 2.93. The van der Waals surface area contributed by atoms with Gasteiger partial charge in [0.05, 0.1) is 11.4 Å². The van der Waals surface area contributed by atoms with Crippen LogP contribution in [0.15, 0.2) is 34.9 Å². The van der Waals surface area contributed by atoms with E-state index in [1.54, 1.807) is 18.3 Å². The molecule has 0 bridgehead atoms. The van der Waals surface area contributed by atoms with Crippen LogP contribution in [0.2, 0.25) is 0 Å². The summed E-state index contributed by atoms with van der Waals surface area (Å²) in [6.45, 7) is 3.95. The largest absolute Gasteiger partial charge is 0.397 e. The normalized spacial score (nSPS) is 10.3. The number of hydrogen-bond acceptors (Lipinski definition) is 3. The summed E-state index contributed by atoms with van der Waals surface area (Å²) in [5.74, 6) is -0.289. The Labute approximate surface area is 120 Å². The second-order valence-electron chi connectivity index (χ2n) is 4.31. The van der Waals surface area contributed by atoms with Gasteiger partial charge >= 0.3 is 0 Å². The summed E-state index contributed by atoms with van der Waals surface area (Å²) >= 11 is 3.30. The summed E-state index contributed by atoms with van der Waals surface area (Å²) in [5, 5.41) is 2.78. The van der Waals surface area contributed by atoms with E-state index in [0.29, 0.717) is 21.5 Å². The van der Waals surface area contributed by atoms with Gasteiger partial charge in [-0.15, -0.1) is 0 Å². The minimum atomic E-state index is -0.289. The molecule has 5 heteroatoms. The lowest BCUT2D eigenvalue weighted by Gasteiger charge is -2.11. The van der Waals surface area contributed by atoms with E-state index >= 15 is 0 Å². The van der Waals surface area contributed by atoms with Gasteiger partial charge in [-0.05, 0) is 65.2 Å². The number of nitrogens with one attached hydrogen (secondary N) is 1. The van der Waals surface area contributed by atoms with E-state index in [1.165, 1.54) is 0 Å². The lowest BCUT2D eigenvalue weighted by Crippen LogP contribution is -2.15. The average molecular weight is 320 g/mol. The van der Waals surface area contributed by atoms with E-state index in [0.717, 1.165) is 11.1 Å². The SMILES string of the molecule is Cc1cc(N)c(NC(=O)c2ncccc2Br)cc1C. The van der Waals surface area contributed by atoms with Crippen molar-refractivity contribution in [2.24, 2.45) is 0 Å². The van der Waals surface area contributed by atoms with Crippen LogP contribution in [0.5, 0.6) is 0 Å². The number of carbonyl (C=O) groups is 1. The van der Waals surface area contributed by atoms with E-state index in [2.05, 4.69) is 26.2 Å². The van der Waals surface area contributed by atoms with Crippen LogP contribution in [0.1, 0.15) is 21.6 Å². The van der Waals surface area contributed by atoms with Crippen molar-refractivity contribution in [2.75, 3.05) is 11.1 Å². The second-order valence-corrected chi connectivity index (χ2v) is 5.17. The molecule has 98 valence electrons. The molecule has 0 aliphatic carbocycles. The van der Waals surface area contributed by atoms with Crippen molar-refractivity contribution in [1.82, 2.24) is 4.98 Å². The third-order valence-corrected chi connectivity index (χ3v) is 3.53. The second kappa shape index (κ2) is 5.40. The molecule has 0 aliphatic heterocycles. The van der Waals surface area contributed by atoms with Crippen molar-refractivity contribution in [3.8, 4) is 0 Å². The molecule has 0 atom stereocenters. The van der Waals surface area contributed by atoms with Crippen LogP contribution in [0.25, 0.3) is 0 Å². The van der Waals surface area contributed by atoms with Crippen LogP contribution >= 0.6 is 15.9 Å². The number of carbonyl (C=O) groups excluding carboxylic acids is 1. The summed E-state index contributed by atoms with van der Waals surface area (Å²) in [7, 11) is 0. The molecule has 2 aromatic rings. The fourth-order valence-electron chi connectivity index (χ4n) is 1.68. The number of nitrogen functional groups attached to an aromatic ring is 1. The molecule has 2 rings (SSSR count). The van der Waals surface area contributed by atoms with Crippen molar-refractivity contribution < 1.29 is 4.79 Å². The number of halogens is 1. The topological polar surface area (TPSA) is 68.0 Å². The first-order chi connectivity index (χ1) is 8.99. The lowest BCUT2D eigenvalue weighted by atomic mass is 10.1. The van der Waals surface area contributed by atoms with E-state index in [4.69, 9.17) is 5.73 Å². The van der Waals surface area contributed by atoms with Crippen LogP contribution in [0.4, 0.5) is 11.4 Å². The van der Waals surface area contributed by atoms with Crippen LogP contribution in [-0.4, -0.2) is 10.9 Å². The average Bonchev–Trinajstić information content (AvgIpc) is 2.36. The number of hydrogen-bond donors (Lipinski definition) is 2. The highest BCUT2D eigenvalue weighted by Gasteiger charge is 2.13. The predicted molar refractivity (Wildman–Crippen MR) is 80.2 cm³/mol. The molecule has 0 saturated heterocycles. The lowest BCUT2D eigenvalue weighted by molar-refractivity contribution is 0.102. The van der Waals surface area contributed by atoms with Gasteiger partial charge in [0.25, 0.3) is 5.91 Å². The summed E-state index contributed by atoms with van der Waals surface area (Å²) in [5.41, 5.74) is 9.55. The molecule has 1 heterocycles. The number of anilines is 2. The first-order valence-electron chi connectivity index (χ1n) is 5.77. The molecule has 0 aliphatic rings. The highest BCUT2D eigenvalue weighted by molar-refractivity contribution is 9.10. The van der Waals surface area contributed by atoms with E-state index in [-0.39, 0.29) is 5.91 Å². The monoisotopic (exact) mass is 319 g/mol. The first kappa shape index (κ1) is 13.5. The highest BCUT2D eigenvalue weighted by Crippen LogP contribution is 2.24. The number of pyridine rings is 1. The number of aromatic nitrogens is 1. The number of nitrogens with two attached hydrogens (primary N) is 1. The maximum absolute atomic E-state index is 12.1. The zero-order valence-corrected chi connectivity index (χ0v) is 12.3. The summed E-state index contributed by atoms with van der Waals surface area (Å²) < 4.78 is 0.648. The van der Waals surface area contributed by atoms with Crippen LogP contribution in [0.3, 0.4) is 0 Å². The number of amides is 1. The Morgan fingerprint density at radius 2 is 2.00 bits per heavy atom. The molecule has 3 N–H and O–H groups in total. The smallest absolute Gasteiger partial charge is 0.275 e. The third-order valence-electron chi connectivity index (χ3n) is 2.89. The number of aryl methyl sites for hydroxylation is 2. The van der Waals surface area contributed by atoms with Crippen molar-refractivity contribution in [1.29, 1.82) is 0 Å². The van der Waals surface area contributed by atoms with Gasteiger partial charge in [0.15, 0.2) is 0 Å². The van der Waals surface area contributed by atoms with Crippen LogP contribution < -0.4 is 11.1 Å². The standard InChI is InChI=1S/C14H14BrN3O/c1-8-6-11(16)12(7-9(8)2)18-14(19)13-10(15)4-3-5-17-13/h3-7H,16H2,1-2H3,(H,18,19). The van der Waals surface area contributed by atoms with Gasteiger partial charge in [-0.25, -0.2) is 4.98 Å². The minimum absolute atomic E-state index is 0.289. The molecule has 4 nitrogen and oxygen atoms in total. The van der Waals surface area contributed by atoms with E-state index < -0.39 is 0 Å². The molecule has 19 heavy (non-hydrogen) atoms. The van der Waals surface area contributed by atoms with Crippen molar-refractivity contribution >= 4 is 33.2 Å². The van der Waals surface area contributed by atoms with Gasteiger partial charge in [-0.3, -0.25) is 4.79 Å². The van der Waals surface area contributed by atoms with E-state index in [9.17, 15) is 4.79 Å². The van der Waals surface area contributed by atoms with Gasteiger partial charge in [0.1, 0.15) is 5.69 Å². The Morgan fingerprint density at radius 1 is 1.32 bits per heavy atom. The van der Waals surface area contributed by atoms with Crippen LogP contribution in [-0.2, 0) is 0 Å². The Bertz CT molecular complexity index is 641. The molecule has 0 radical (unpaired) electrons. The maximum atomic E-state index is 12.1. The maximum Gasteiger partial charge on any atom is 0.275 e. The minimum Gasteiger partial charge on any atom is -0.397 e. The Balaban J connectivity index is 2.30. The molecule has 1 aromatic heterocycles. The Hall–Kier alpha value is -1.88. The van der Waals surface area contributed by atoms with Gasteiger partial charge < -0.3 is 11.1 Å². The summed E-state index contributed by atoms with van der Waals surface area (Å²) in [4.78, 5) is 16.2. The summed E-state index contributed by atoms with van der Waals surface area (Å²) in [6, 6.07) is 7.23. The van der Waals surface area contributed by atoms with Crippen molar-refractivity contribution in [2.45, 2.75) is 13.8 Å². The molecule has 0 fully saturated rings. The molecular weight excluding hydrogens is 306 g/mol. The van der Waals surface area contributed by atoms with Gasteiger partial charge in [0, 0.05) is 10.7 Å². The molecule has 0 saturated carbocycles. The number of rotatable bonds is 2. The first-order valence-corrected chi connectivity index (χ1v) is 6.57. The fraction of sp³-hybridized carbons (Fsp3) is 0.143. The van der Waals surface area contributed by atoms with Gasteiger partial charge in [0.2, 0.25) is 0 Å². The molecule has 0 spiro atoms. The quantitative estimate of drug-likeness (QED) is 0.834. The molecule has 1 aromatic carbocycles. The highest BCUT2D eigenvalue weighted by atomic mass is 79.9.